The second-order valence-electron chi connectivity index (χ2n) is 10.6. The van der Waals surface area contributed by atoms with Crippen molar-refractivity contribution < 1.29 is 14.7 Å². The van der Waals surface area contributed by atoms with Crippen LogP contribution in [-0.4, -0.2) is 16.9 Å². The Bertz CT molecular complexity index is 665. The summed E-state index contributed by atoms with van der Waals surface area (Å²) in [5, 5.41) is 9.01. The van der Waals surface area contributed by atoms with Crippen molar-refractivity contribution in [3.63, 3.8) is 0 Å². The Hall–Kier alpha value is -1.12. The molecule has 150 valence electrons. The lowest BCUT2D eigenvalue weighted by molar-refractivity contribution is -0.150. The van der Waals surface area contributed by atoms with Gasteiger partial charge in [0.25, 0.3) is 0 Å². The monoisotopic (exact) mass is 372 g/mol. The molecule has 3 fully saturated rings. The topological polar surface area (TPSA) is 54.4 Å². The van der Waals surface area contributed by atoms with Crippen LogP contribution in [0, 0.1) is 40.4 Å². The standard InChI is InChI=1S/C24H36O3/c1-15(14-21(25)22(26)27)18-9-10-19-17-8-7-16-6-4-5-12-23(16,2)20(17)11-13-24(18,19)3/h6,15,17-20H,4-5,7-14H2,1-3H3,(H,26,27)/t15-,17+,18-,19+,20+,23+,24-/m1/s1. The molecule has 0 aromatic heterocycles. The van der Waals surface area contributed by atoms with E-state index < -0.39 is 11.8 Å². The summed E-state index contributed by atoms with van der Waals surface area (Å²) in [5.74, 6) is 1.26. The fraction of sp³-hybridized carbons (Fsp3) is 0.833. The highest BCUT2D eigenvalue weighted by Gasteiger charge is 2.59. The molecule has 0 aliphatic heterocycles. The van der Waals surface area contributed by atoms with Crippen LogP contribution in [0.2, 0.25) is 0 Å². The van der Waals surface area contributed by atoms with E-state index in [4.69, 9.17) is 5.11 Å². The number of ketones is 1. The molecule has 4 rings (SSSR count). The molecule has 0 unspecified atom stereocenters. The molecule has 4 aliphatic carbocycles. The molecule has 0 aromatic carbocycles. The lowest BCUT2D eigenvalue weighted by Crippen LogP contribution is -2.50. The molecule has 4 aliphatic rings. The molecule has 27 heavy (non-hydrogen) atoms. The Balaban J connectivity index is 1.55. The molecule has 0 amide bonds. The molecule has 0 spiro atoms. The van der Waals surface area contributed by atoms with Gasteiger partial charge in [-0.15, -0.1) is 0 Å². The van der Waals surface area contributed by atoms with Crippen LogP contribution in [0.3, 0.4) is 0 Å². The van der Waals surface area contributed by atoms with Crippen LogP contribution < -0.4 is 0 Å². The number of carboxylic acid groups (broad SMARTS) is 1. The van der Waals surface area contributed by atoms with Crippen LogP contribution in [0.25, 0.3) is 0 Å². The van der Waals surface area contributed by atoms with Gasteiger partial charge in [-0.3, -0.25) is 4.79 Å². The van der Waals surface area contributed by atoms with Crippen molar-refractivity contribution >= 4 is 11.8 Å². The number of fused-ring (bicyclic) bond motifs is 5. The largest absolute Gasteiger partial charge is 0.476 e. The van der Waals surface area contributed by atoms with Crippen molar-refractivity contribution in [2.75, 3.05) is 0 Å². The third kappa shape index (κ3) is 2.91. The third-order valence-corrected chi connectivity index (χ3v) is 9.53. The SMILES string of the molecule is C[C@H](CC(=O)C(=O)O)[C@H]1CC[C@H]2[C@@H]3CCC4=CCCC[C@]4(C)[C@H]3CC[C@]12C. The Morgan fingerprint density at radius 3 is 2.67 bits per heavy atom. The smallest absolute Gasteiger partial charge is 0.372 e. The van der Waals surface area contributed by atoms with E-state index >= 15 is 0 Å². The lowest BCUT2D eigenvalue weighted by Gasteiger charge is -2.58. The van der Waals surface area contributed by atoms with Crippen molar-refractivity contribution in [1.82, 2.24) is 0 Å². The summed E-state index contributed by atoms with van der Waals surface area (Å²) in [6, 6.07) is 0. The van der Waals surface area contributed by atoms with Crippen LogP contribution in [0.5, 0.6) is 0 Å². The van der Waals surface area contributed by atoms with E-state index in [1.165, 1.54) is 57.8 Å². The van der Waals surface area contributed by atoms with Crippen molar-refractivity contribution in [3.05, 3.63) is 11.6 Å². The number of carboxylic acids is 1. The Morgan fingerprint density at radius 2 is 1.93 bits per heavy atom. The first-order valence-electron chi connectivity index (χ1n) is 11.2. The first-order chi connectivity index (χ1) is 12.8. The fourth-order valence-corrected chi connectivity index (χ4v) is 8.25. The van der Waals surface area contributed by atoms with Gasteiger partial charge in [-0.25, -0.2) is 4.79 Å². The first kappa shape index (κ1) is 19.2. The van der Waals surface area contributed by atoms with Crippen LogP contribution >= 0.6 is 0 Å². The Kier molecular flexibility index (Phi) is 4.79. The Labute approximate surface area is 164 Å². The number of rotatable bonds is 4. The predicted octanol–water partition coefficient (Wildman–Crippen LogP) is 5.64. The number of aliphatic carboxylic acids is 1. The summed E-state index contributed by atoms with van der Waals surface area (Å²) < 4.78 is 0. The first-order valence-corrected chi connectivity index (χ1v) is 11.2. The molecular weight excluding hydrogens is 336 g/mol. The van der Waals surface area contributed by atoms with E-state index in [1.54, 1.807) is 5.57 Å². The maximum Gasteiger partial charge on any atom is 0.372 e. The van der Waals surface area contributed by atoms with E-state index in [1.807, 2.05) is 0 Å². The summed E-state index contributed by atoms with van der Waals surface area (Å²) in [5.41, 5.74) is 2.49. The van der Waals surface area contributed by atoms with Crippen molar-refractivity contribution in [3.8, 4) is 0 Å². The van der Waals surface area contributed by atoms with Gasteiger partial charge in [-0.1, -0.05) is 32.4 Å². The highest BCUT2D eigenvalue weighted by molar-refractivity contribution is 6.32. The fourth-order valence-electron chi connectivity index (χ4n) is 8.25. The van der Waals surface area contributed by atoms with Crippen LogP contribution in [0.4, 0.5) is 0 Å². The second-order valence-corrected chi connectivity index (χ2v) is 10.6. The maximum absolute atomic E-state index is 11.8. The molecule has 1 N–H and O–H groups in total. The molecule has 0 aromatic rings. The van der Waals surface area contributed by atoms with Crippen LogP contribution in [0.1, 0.15) is 85.0 Å². The number of hydrogen-bond donors (Lipinski definition) is 1. The Morgan fingerprint density at radius 1 is 1.15 bits per heavy atom. The van der Waals surface area contributed by atoms with Gasteiger partial charge in [-0.05, 0) is 98.2 Å². The summed E-state index contributed by atoms with van der Waals surface area (Å²) in [4.78, 5) is 22.8. The van der Waals surface area contributed by atoms with Gasteiger partial charge in [0.05, 0.1) is 0 Å². The summed E-state index contributed by atoms with van der Waals surface area (Å²) in [6.07, 6.45) is 14.5. The molecular formula is C24H36O3. The van der Waals surface area contributed by atoms with E-state index in [0.29, 0.717) is 16.7 Å². The number of carbonyl (C=O) groups excluding carboxylic acids is 1. The average Bonchev–Trinajstić information content (AvgIpc) is 2.98. The third-order valence-electron chi connectivity index (χ3n) is 9.53. The van der Waals surface area contributed by atoms with Gasteiger partial charge >= 0.3 is 5.97 Å². The van der Waals surface area contributed by atoms with E-state index in [0.717, 1.165) is 17.8 Å². The summed E-state index contributed by atoms with van der Waals surface area (Å²) in [6.45, 7) is 7.15. The van der Waals surface area contributed by atoms with Crippen molar-refractivity contribution in [2.24, 2.45) is 40.4 Å². The minimum absolute atomic E-state index is 0.185. The van der Waals surface area contributed by atoms with E-state index in [9.17, 15) is 9.59 Å². The minimum atomic E-state index is -1.26. The lowest BCUT2D eigenvalue weighted by atomic mass is 9.46. The van der Waals surface area contributed by atoms with Crippen molar-refractivity contribution in [1.29, 1.82) is 0 Å². The number of Topliss-reactive ketones (excluding diaryl/α,β-unsaturated/α-hetero) is 1. The van der Waals surface area contributed by atoms with E-state index in [2.05, 4.69) is 26.8 Å². The highest BCUT2D eigenvalue weighted by Crippen LogP contribution is 2.67. The predicted molar refractivity (Wildman–Crippen MR) is 106 cm³/mol. The zero-order valence-electron chi connectivity index (χ0n) is 17.3. The minimum Gasteiger partial charge on any atom is -0.476 e. The molecule has 3 saturated carbocycles. The maximum atomic E-state index is 11.8. The quantitative estimate of drug-likeness (QED) is 0.513. The van der Waals surface area contributed by atoms with Gasteiger partial charge in [0.2, 0.25) is 5.78 Å². The molecule has 7 atom stereocenters. The van der Waals surface area contributed by atoms with Gasteiger partial charge in [0.1, 0.15) is 0 Å². The number of allylic oxidation sites excluding steroid dienone is 2. The molecule has 3 nitrogen and oxygen atoms in total. The average molecular weight is 373 g/mol. The molecule has 0 heterocycles. The van der Waals surface area contributed by atoms with Gasteiger partial charge in [0, 0.05) is 6.42 Å². The summed E-state index contributed by atoms with van der Waals surface area (Å²) in [7, 11) is 0. The number of carbonyl (C=O) groups is 2. The normalized spacial score (nSPS) is 44.5. The molecule has 3 heteroatoms. The highest BCUT2D eigenvalue weighted by atomic mass is 16.4. The van der Waals surface area contributed by atoms with E-state index in [-0.39, 0.29) is 12.3 Å². The van der Waals surface area contributed by atoms with Crippen molar-refractivity contribution in [2.45, 2.75) is 85.0 Å². The van der Waals surface area contributed by atoms with Crippen LogP contribution in [0.15, 0.2) is 11.6 Å². The molecule has 0 bridgehead atoms. The summed E-state index contributed by atoms with van der Waals surface area (Å²) >= 11 is 0. The molecule has 0 saturated heterocycles. The zero-order chi connectivity index (χ0) is 19.4. The molecule has 0 radical (unpaired) electrons. The van der Waals surface area contributed by atoms with Gasteiger partial charge in [0.15, 0.2) is 0 Å². The number of hydrogen-bond acceptors (Lipinski definition) is 2. The second kappa shape index (κ2) is 6.74. The zero-order valence-corrected chi connectivity index (χ0v) is 17.3. The van der Waals surface area contributed by atoms with Crippen LogP contribution in [-0.2, 0) is 9.59 Å². The van der Waals surface area contributed by atoms with Gasteiger partial charge < -0.3 is 5.11 Å². The van der Waals surface area contributed by atoms with Gasteiger partial charge in [-0.2, -0.15) is 0 Å².